The van der Waals surface area contributed by atoms with Gasteiger partial charge in [0.05, 0.1) is 17.0 Å². The van der Waals surface area contributed by atoms with Gasteiger partial charge < -0.3 is 4.74 Å². The summed E-state index contributed by atoms with van der Waals surface area (Å²) in [6.45, 7) is 7.61. The minimum Gasteiger partial charge on any atom is -0.466 e. The Balaban J connectivity index is 2.50. The Labute approximate surface area is 192 Å². The summed E-state index contributed by atoms with van der Waals surface area (Å²) in [5.74, 6) is -0.339. The second-order valence-electron chi connectivity index (χ2n) is 7.42. The first-order valence-electron chi connectivity index (χ1n) is 9.71. The van der Waals surface area contributed by atoms with Crippen molar-refractivity contribution in [3.8, 4) is 0 Å². The fraction of sp³-hybridized carbons (Fsp3) is 0.409. The zero-order chi connectivity index (χ0) is 22.5. The minimum atomic E-state index is -3.90. The number of sulfonamides is 1. The third-order valence-electron chi connectivity index (χ3n) is 4.99. The molecular formula is C22H27BrClNO4S. The Bertz CT molecular complexity index is 1010. The molecule has 2 rings (SSSR count). The lowest BCUT2D eigenvalue weighted by Crippen LogP contribution is -2.46. The maximum Gasteiger partial charge on any atom is 0.305 e. The van der Waals surface area contributed by atoms with E-state index in [1.165, 1.54) is 4.31 Å². The molecule has 8 heteroatoms. The predicted molar refractivity (Wildman–Crippen MR) is 123 cm³/mol. The first-order chi connectivity index (χ1) is 14.0. The van der Waals surface area contributed by atoms with E-state index in [4.69, 9.17) is 16.3 Å². The van der Waals surface area contributed by atoms with Crippen molar-refractivity contribution in [1.29, 1.82) is 0 Å². The van der Waals surface area contributed by atoms with Crippen LogP contribution in [0.25, 0.3) is 0 Å². The lowest BCUT2D eigenvalue weighted by molar-refractivity contribution is -0.143. The zero-order valence-electron chi connectivity index (χ0n) is 17.6. The van der Waals surface area contributed by atoms with E-state index in [2.05, 4.69) is 15.9 Å². The molecule has 0 unspecified atom stereocenters. The van der Waals surface area contributed by atoms with E-state index < -0.39 is 15.6 Å². The van der Waals surface area contributed by atoms with E-state index in [0.717, 1.165) is 10.0 Å². The van der Waals surface area contributed by atoms with Gasteiger partial charge in [-0.1, -0.05) is 45.7 Å². The molecule has 0 radical (unpaired) electrons. The van der Waals surface area contributed by atoms with Crippen molar-refractivity contribution in [2.24, 2.45) is 0 Å². The van der Waals surface area contributed by atoms with Crippen molar-refractivity contribution in [1.82, 2.24) is 4.31 Å². The Hall–Kier alpha value is -1.41. The molecular weight excluding hydrogens is 490 g/mol. The molecule has 0 aliphatic carbocycles. The molecule has 30 heavy (non-hydrogen) atoms. The SMILES string of the molecule is CCOC(=O)CCCN(C(C)(C)c1cccc(Br)c1)S(=O)(=O)c1cccc(Cl)c1C. The first-order valence-corrected chi connectivity index (χ1v) is 12.3. The fourth-order valence-electron chi connectivity index (χ4n) is 3.30. The average molecular weight is 517 g/mol. The number of halogens is 2. The lowest BCUT2D eigenvalue weighted by Gasteiger charge is -2.38. The van der Waals surface area contributed by atoms with Crippen molar-refractivity contribution in [3.63, 3.8) is 0 Å². The number of carbonyl (C=O) groups excluding carboxylic acids is 1. The summed E-state index contributed by atoms with van der Waals surface area (Å²) in [7, 11) is -3.90. The first kappa shape index (κ1) is 24.9. The van der Waals surface area contributed by atoms with Crippen molar-refractivity contribution in [2.75, 3.05) is 13.2 Å². The number of nitrogens with zero attached hydrogens (tertiary/aromatic N) is 1. The topological polar surface area (TPSA) is 63.7 Å². The fourth-order valence-corrected chi connectivity index (χ4v) is 5.99. The minimum absolute atomic E-state index is 0.142. The van der Waals surface area contributed by atoms with Crippen LogP contribution < -0.4 is 0 Å². The second kappa shape index (κ2) is 10.3. The van der Waals surface area contributed by atoms with Crippen molar-refractivity contribution in [2.45, 2.75) is 51.0 Å². The number of ether oxygens (including phenoxy) is 1. The third kappa shape index (κ3) is 5.63. The van der Waals surface area contributed by atoms with Gasteiger partial charge in [0, 0.05) is 22.5 Å². The van der Waals surface area contributed by atoms with Crippen LogP contribution in [0.2, 0.25) is 5.02 Å². The summed E-state index contributed by atoms with van der Waals surface area (Å²) in [4.78, 5) is 12.0. The van der Waals surface area contributed by atoms with Gasteiger partial charge in [-0.15, -0.1) is 0 Å². The highest BCUT2D eigenvalue weighted by Crippen LogP contribution is 2.36. The Morgan fingerprint density at radius 1 is 1.20 bits per heavy atom. The van der Waals surface area contributed by atoms with Crippen LogP contribution in [0, 0.1) is 6.92 Å². The van der Waals surface area contributed by atoms with Crippen LogP contribution >= 0.6 is 27.5 Å². The molecule has 0 saturated heterocycles. The molecule has 0 spiro atoms. The predicted octanol–water partition coefficient (Wildman–Crippen LogP) is 5.68. The van der Waals surface area contributed by atoms with E-state index in [0.29, 0.717) is 23.6 Å². The van der Waals surface area contributed by atoms with Gasteiger partial charge in [-0.05, 0) is 69.5 Å². The van der Waals surface area contributed by atoms with E-state index in [1.807, 2.05) is 38.1 Å². The molecule has 0 N–H and O–H groups in total. The molecule has 0 aromatic heterocycles. The Morgan fingerprint density at radius 2 is 1.87 bits per heavy atom. The summed E-state index contributed by atoms with van der Waals surface area (Å²) in [6, 6.07) is 12.4. The molecule has 0 amide bonds. The lowest BCUT2D eigenvalue weighted by atomic mass is 9.94. The van der Waals surface area contributed by atoms with Crippen LogP contribution in [0.3, 0.4) is 0 Å². The maximum absolute atomic E-state index is 13.8. The number of benzene rings is 2. The highest BCUT2D eigenvalue weighted by molar-refractivity contribution is 9.10. The molecule has 0 aliphatic heterocycles. The number of carbonyl (C=O) groups is 1. The van der Waals surface area contributed by atoms with Crippen LogP contribution in [0.1, 0.15) is 44.7 Å². The molecule has 0 fully saturated rings. The highest BCUT2D eigenvalue weighted by atomic mass is 79.9. The van der Waals surface area contributed by atoms with Gasteiger partial charge in [0.15, 0.2) is 0 Å². The number of hydrogen-bond acceptors (Lipinski definition) is 4. The number of rotatable bonds is 9. The van der Waals surface area contributed by atoms with Gasteiger partial charge in [0.1, 0.15) is 0 Å². The summed E-state index contributed by atoms with van der Waals surface area (Å²) in [6.07, 6.45) is 0.484. The summed E-state index contributed by atoms with van der Waals surface area (Å²) in [5.41, 5.74) is 0.460. The molecule has 0 bridgehead atoms. The monoisotopic (exact) mass is 515 g/mol. The molecule has 2 aromatic carbocycles. The maximum atomic E-state index is 13.8. The smallest absolute Gasteiger partial charge is 0.305 e. The van der Waals surface area contributed by atoms with E-state index in [9.17, 15) is 13.2 Å². The van der Waals surface area contributed by atoms with Gasteiger partial charge in [-0.2, -0.15) is 4.31 Å². The van der Waals surface area contributed by atoms with Crippen LogP contribution in [0.5, 0.6) is 0 Å². The molecule has 0 saturated carbocycles. The zero-order valence-corrected chi connectivity index (χ0v) is 20.8. The second-order valence-corrected chi connectivity index (χ2v) is 10.6. The molecule has 5 nitrogen and oxygen atoms in total. The summed E-state index contributed by atoms with van der Waals surface area (Å²) >= 11 is 9.67. The molecule has 0 atom stereocenters. The number of esters is 1. The van der Waals surface area contributed by atoms with Gasteiger partial charge in [-0.25, -0.2) is 8.42 Å². The molecule has 0 aliphatic rings. The molecule has 0 heterocycles. The summed E-state index contributed by atoms with van der Waals surface area (Å²) in [5, 5.41) is 0.391. The summed E-state index contributed by atoms with van der Waals surface area (Å²) < 4.78 is 34.8. The highest BCUT2D eigenvalue weighted by Gasteiger charge is 2.39. The van der Waals surface area contributed by atoms with Crippen LogP contribution in [-0.4, -0.2) is 31.8 Å². The van der Waals surface area contributed by atoms with E-state index in [1.54, 1.807) is 32.0 Å². The van der Waals surface area contributed by atoms with Gasteiger partial charge in [-0.3, -0.25) is 4.79 Å². The Morgan fingerprint density at radius 3 is 2.50 bits per heavy atom. The van der Waals surface area contributed by atoms with Crippen LogP contribution in [-0.2, 0) is 25.1 Å². The largest absolute Gasteiger partial charge is 0.466 e. The van der Waals surface area contributed by atoms with E-state index in [-0.39, 0.29) is 23.8 Å². The van der Waals surface area contributed by atoms with Gasteiger partial charge in [0.25, 0.3) is 0 Å². The van der Waals surface area contributed by atoms with Crippen LogP contribution in [0.15, 0.2) is 51.8 Å². The standard InChI is InChI=1S/C22H27BrClNO4S/c1-5-29-21(26)13-8-14-25(22(3,4)17-9-6-10-18(23)15-17)30(27,28)20-12-7-11-19(24)16(20)2/h6-7,9-12,15H,5,8,13-14H2,1-4H3. The van der Waals surface area contributed by atoms with Crippen molar-refractivity contribution in [3.05, 3.63) is 63.1 Å². The van der Waals surface area contributed by atoms with E-state index >= 15 is 0 Å². The normalized spacial score (nSPS) is 12.2. The molecule has 164 valence electrons. The quantitative estimate of drug-likeness (QED) is 0.402. The van der Waals surface area contributed by atoms with Gasteiger partial charge >= 0.3 is 5.97 Å². The van der Waals surface area contributed by atoms with Gasteiger partial charge in [0.2, 0.25) is 10.0 Å². The van der Waals surface area contributed by atoms with Crippen molar-refractivity contribution < 1.29 is 17.9 Å². The Kier molecular flexibility index (Phi) is 8.51. The van der Waals surface area contributed by atoms with Crippen molar-refractivity contribution >= 4 is 43.5 Å². The average Bonchev–Trinajstić information content (AvgIpc) is 2.67. The van der Waals surface area contributed by atoms with Crippen LogP contribution in [0.4, 0.5) is 0 Å². The molecule has 2 aromatic rings. The number of hydrogen-bond donors (Lipinski definition) is 0. The third-order valence-corrected chi connectivity index (χ3v) is 8.11.